The molecule has 0 radical (unpaired) electrons. The highest BCUT2D eigenvalue weighted by Gasteiger charge is 2.30. The van der Waals surface area contributed by atoms with Gasteiger partial charge < -0.3 is 33.8 Å². The van der Waals surface area contributed by atoms with Crippen LogP contribution in [0.15, 0.2) is 0 Å². The Kier molecular flexibility index (Phi) is 49.7. The second-order valence-electron chi connectivity index (χ2n) is 22.0. The summed E-state index contributed by atoms with van der Waals surface area (Å²) in [6.45, 7) is 9.27. The van der Waals surface area contributed by atoms with Gasteiger partial charge in [-0.15, -0.1) is 0 Å². The number of esters is 4. The Hall–Kier alpha value is -1.94. The third-order valence-corrected chi connectivity index (χ3v) is 15.1. The second kappa shape index (κ2) is 51.0. The van der Waals surface area contributed by atoms with Crippen LogP contribution in [-0.2, 0) is 65.4 Å². The molecule has 3 N–H and O–H groups in total. The maximum Gasteiger partial charge on any atom is 0.472 e. The van der Waals surface area contributed by atoms with Crippen molar-refractivity contribution in [2.45, 2.75) is 297 Å². The molecular weight excluding hydrogens is 1030 g/mol. The molecule has 0 heterocycles. The molecule has 17 nitrogen and oxygen atoms in total. The van der Waals surface area contributed by atoms with E-state index in [4.69, 9.17) is 37.0 Å². The van der Waals surface area contributed by atoms with Crippen molar-refractivity contribution < 1.29 is 80.2 Å². The maximum atomic E-state index is 12.9. The molecule has 0 bridgehead atoms. The van der Waals surface area contributed by atoms with Crippen LogP contribution >= 0.6 is 15.6 Å². The van der Waals surface area contributed by atoms with Crippen molar-refractivity contribution in [3.8, 4) is 0 Å². The first-order valence-electron chi connectivity index (χ1n) is 30.5. The van der Waals surface area contributed by atoms with E-state index in [9.17, 15) is 43.2 Å². The number of phosphoric acid groups is 2. The van der Waals surface area contributed by atoms with Crippen LogP contribution in [0.3, 0.4) is 0 Å². The van der Waals surface area contributed by atoms with Gasteiger partial charge in [-0.05, 0) is 37.5 Å². The van der Waals surface area contributed by atoms with Crippen LogP contribution in [-0.4, -0.2) is 96.7 Å². The number of aliphatic hydroxyl groups excluding tert-OH is 1. The van der Waals surface area contributed by atoms with Crippen molar-refractivity contribution >= 4 is 39.5 Å². The molecule has 0 rings (SSSR count). The Morgan fingerprint density at radius 2 is 0.597 bits per heavy atom. The molecule has 77 heavy (non-hydrogen) atoms. The van der Waals surface area contributed by atoms with Crippen molar-refractivity contribution in [3.05, 3.63) is 0 Å². The van der Waals surface area contributed by atoms with Crippen LogP contribution in [0.2, 0.25) is 0 Å². The van der Waals surface area contributed by atoms with Crippen molar-refractivity contribution in [1.82, 2.24) is 0 Å². The molecule has 0 aromatic carbocycles. The summed E-state index contributed by atoms with van der Waals surface area (Å²) in [6, 6.07) is 0. The molecule has 0 spiro atoms. The predicted octanol–water partition coefficient (Wildman–Crippen LogP) is 15.3. The monoisotopic (exact) mass is 1140 g/mol. The molecular formula is C58H112O17P2. The third-order valence-electron chi connectivity index (χ3n) is 13.2. The fourth-order valence-corrected chi connectivity index (χ4v) is 10.0. The number of hydrogen-bond acceptors (Lipinski definition) is 15. The zero-order valence-corrected chi connectivity index (χ0v) is 51.0. The first-order chi connectivity index (χ1) is 36.9. The van der Waals surface area contributed by atoms with E-state index < -0.39 is 97.5 Å². The minimum absolute atomic E-state index is 0.102. The highest BCUT2D eigenvalue weighted by Crippen LogP contribution is 2.45. The minimum Gasteiger partial charge on any atom is -0.462 e. The Morgan fingerprint density at radius 1 is 0.351 bits per heavy atom. The van der Waals surface area contributed by atoms with E-state index in [1.807, 2.05) is 0 Å². The van der Waals surface area contributed by atoms with Gasteiger partial charge in [-0.1, -0.05) is 228 Å². The average Bonchev–Trinajstić information content (AvgIpc) is 3.38. The summed E-state index contributed by atoms with van der Waals surface area (Å²) in [5, 5.41) is 10.5. The molecule has 0 fully saturated rings. The Morgan fingerprint density at radius 3 is 0.883 bits per heavy atom. The van der Waals surface area contributed by atoms with E-state index in [2.05, 4.69) is 41.5 Å². The van der Waals surface area contributed by atoms with Crippen LogP contribution in [0.5, 0.6) is 0 Å². The van der Waals surface area contributed by atoms with Crippen LogP contribution < -0.4 is 0 Å². The zero-order chi connectivity index (χ0) is 57.3. The average molecular weight is 1140 g/mol. The molecule has 0 saturated carbocycles. The first-order valence-corrected chi connectivity index (χ1v) is 33.5. The van der Waals surface area contributed by atoms with Gasteiger partial charge in [0, 0.05) is 25.7 Å². The maximum absolute atomic E-state index is 12.9. The normalized spacial score (nSPS) is 14.5. The van der Waals surface area contributed by atoms with Crippen LogP contribution in [0, 0.1) is 11.8 Å². The van der Waals surface area contributed by atoms with Crippen LogP contribution in [0.4, 0.5) is 0 Å². The van der Waals surface area contributed by atoms with Gasteiger partial charge in [0.25, 0.3) is 0 Å². The molecule has 2 unspecified atom stereocenters. The SMILES string of the molecule is CCCCCCCCCC(=O)O[C@H](COC(=O)CCCCCCC)COP(=O)(O)OC[C@H](O)COP(=O)(O)OC[C@@H](COC(=O)CCCCCCCCCC(C)C)OC(=O)CCCCCCCCCCCCCCC(C)C. The van der Waals surface area contributed by atoms with Crippen molar-refractivity contribution in [2.24, 2.45) is 11.8 Å². The van der Waals surface area contributed by atoms with Gasteiger partial charge >= 0.3 is 39.5 Å². The fourth-order valence-electron chi connectivity index (χ4n) is 8.47. The van der Waals surface area contributed by atoms with E-state index in [-0.39, 0.29) is 25.7 Å². The third kappa shape index (κ3) is 53.2. The van der Waals surface area contributed by atoms with Gasteiger partial charge in [0.1, 0.15) is 19.3 Å². The molecule has 456 valence electrons. The van der Waals surface area contributed by atoms with Crippen LogP contribution in [0.25, 0.3) is 0 Å². The van der Waals surface area contributed by atoms with Gasteiger partial charge in [-0.25, -0.2) is 9.13 Å². The molecule has 19 heteroatoms. The van der Waals surface area contributed by atoms with Gasteiger partial charge in [0.15, 0.2) is 12.2 Å². The van der Waals surface area contributed by atoms with E-state index in [1.54, 1.807) is 0 Å². The van der Waals surface area contributed by atoms with Crippen LogP contribution in [0.1, 0.15) is 279 Å². The highest BCUT2D eigenvalue weighted by atomic mass is 31.2. The summed E-state index contributed by atoms with van der Waals surface area (Å²) in [5.41, 5.74) is 0. The number of hydrogen-bond donors (Lipinski definition) is 3. The molecule has 0 amide bonds. The van der Waals surface area contributed by atoms with Crippen molar-refractivity contribution in [2.75, 3.05) is 39.6 Å². The summed E-state index contributed by atoms with van der Waals surface area (Å²) in [7, 11) is -9.86. The molecule has 0 saturated heterocycles. The summed E-state index contributed by atoms with van der Waals surface area (Å²) in [6.07, 6.45) is 31.3. The summed E-state index contributed by atoms with van der Waals surface area (Å²) < 4.78 is 67.4. The number of aliphatic hydroxyl groups is 1. The number of phosphoric ester groups is 2. The van der Waals surface area contributed by atoms with E-state index in [0.29, 0.717) is 31.6 Å². The quantitative estimate of drug-likeness (QED) is 0.0222. The van der Waals surface area contributed by atoms with Crippen molar-refractivity contribution in [3.63, 3.8) is 0 Å². The van der Waals surface area contributed by atoms with Gasteiger partial charge in [-0.2, -0.15) is 0 Å². The number of rotatable bonds is 57. The Bertz CT molecular complexity index is 1530. The molecule has 0 aliphatic carbocycles. The number of carbonyl (C=O) groups is 4. The van der Waals surface area contributed by atoms with E-state index in [0.717, 1.165) is 121 Å². The topological polar surface area (TPSA) is 237 Å². The van der Waals surface area contributed by atoms with Crippen molar-refractivity contribution in [1.29, 1.82) is 0 Å². The predicted molar refractivity (Wildman–Crippen MR) is 303 cm³/mol. The minimum atomic E-state index is -4.94. The lowest BCUT2D eigenvalue weighted by molar-refractivity contribution is -0.161. The largest absolute Gasteiger partial charge is 0.472 e. The second-order valence-corrected chi connectivity index (χ2v) is 24.9. The molecule has 0 aromatic rings. The Labute approximate surface area is 467 Å². The number of unbranched alkanes of at least 4 members (excludes halogenated alkanes) is 27. The molecule has 0 aliphatic rings. The van der Waals surface area contributed by atoms with Gasteiger partial charge in [0.2, 0.25) is 0 Å². The zero-order valence-electron chi connectivity index (χ0n) is 49.2. The lowest BCUT2D eigenvalue weighted by atomic mass is 10.0. The van der Waals surface area contributed by atoms with E-state index >= 15 is 0 Å². The lowest BCUT2D eigenvalue weighted by Crippen LogP contribution is -2.30. The van der Waals surface area contributed by atoms with E-state index in [1.165, 1.54) is 70.6 Å². The lowest BCUT2D eigenvalue weighted by Gasteiger charge is -2.21. The smallest absolute Gasteiger partial charge is 0.462 e. The summed E-state index contributed by atoms with van der Waals surface area (Å²) >= 11 is 0. The fraction of sp³-hybridized carbons (Fsp3) is 0.931. The summed E-state index contributed by atoms with van der Waals surface area (Å²) in [4.78, 5) is 71.5. The molecule has 5 atom stereocenters. The first kappa shape index (κ1) is 75.1. The standard InChI is InChI=1S/C58H112O17P2/c1-7-9-11-13-21-30-36-42-57(62)74-53(46-68-55(60)40-34-26-12-10-8-2)48-72-76(64,65)70-44-52(59)45-71-77(66,67)73-49-54(47-69-56(61)41-35-29-25-20-23-28-33-39-51(5)6)75-58(63)43-37-31-24-19-17-15-14-16-18-22-27-32-38-50(3)4/h50-54,59H,7-49H2,1-6H3,(H,64,65)(H,66,67)/t52-,53+,54+/m0/s1. The van der Waals surface area contributed by atoms with Gasteiger partial charge in [0.05, 0.1) is 26.4 Å². The highest BCUT2D eigenvalue weighted by molar-refractivity contribution is 7.47. The summed E-state index contributed by atoms with van der Waals surface area (Å²) in [5.74, 6) is -0.677. The Balaban J connectivity index is 5.15. The van der Waals surface area contributed by atoms with Gasteiger partial charge in [-0.3, -0.25) is 37.3 Å². The molecule has 0 aromatic heterocycles. The number of ether oxygens (including phenoxy) is 4. The number of carbonyl (C=O) groups excluding carboxylic acids is 4. The molecule has 0 aliphatic heterocycles.